The van der Waals surface area contributed by atoms with Gasteiger partial charge in [0.25, 0.3) is 0 Å². The molecule has 4 radical (unpaired) electrons. The predicted octanol–water partition coefficient (Wildman–Crippen LogP) is 0.907. The third-order valence-corrected chi connectivity index (χ3v) is 6.01. The molecule has 0 aliphatic heterocycles. The zero-order chi connectivity index (χ0) is 19.2. The third kappa shape index (κ3) is 2.43. The standard InChI is InChI=1S/C17H22B2N2O5/c1-13(2,3)26-12(22)21-9-4-10(20-21)25-17(19,24)16(18,23)11-14(5-6-14)15(11)7-8-15/h4,9,11,23-24H,5-8H2,1-3H3. The summed E-state index contributed by atoms with van der Waals surface area (Å²) in [6, 6.07) is 1.34. The fourth-order valence-electron chi connectivity index (χ4n) is 4.64. The third-order valence-electron chi connectivity index (χ3n) is 6.01. The molecule has 7 nitrogen and oxygen atoms in total. The van der Waals surface area contributed by atoms with Crippen molar-refractivity contribution in [2.75, 3.05) is 0 Å². The lowest BCUT2D eigenvalue weighted by Gasteiger charge is -2.40. The molecule has 0 amide bonds. The summed E-state index contributed by atoms with van der Waals surface area (Å²) in [4.78, 5) is 12.0. The molecule has 1 aromatic heterocycles. The summed E-state index contributed by atoms with van der Waals surface area (Å²) in [6.07, 6.45) is 4.56. The van der Waals surface area contributed by atoms with Gasteiger partial charge >= 0.3 is 6.09 Å². The Balaban J connectivity index is 1.48. The van der Waals surface area contributed by atoms with Crippen molar-refractivity contribution >= 4 is 21.8 Å². The van der Waals surface area contributed by atoms with Gasteiger partial charge in [0, 0.05) is 12.3 Å². The number of rotatable bonds is 4. The molecule has 0 aromatic carbocycles. The molecule has 3 saturated carbocycles. The second-order valence-corrected chi connectivity index (χ2v) is 8.95. The lowest BCUT2D eigenvalue weighted by Crippen LogP contribution is -2.61. The number of carbonyl (C=O) groups is 1. The first-order valence-corrected chi connectivity index (χ1v) is 8.85. The van der Waals surface area contributed by atoms with Gasteiger partial charge in [0.15, 0.2) is 13.5 Å². The predicted molar refractivity (Wildman–Crippen MR) is 92.7 cm³/mol. The number of hydrogen-bond donors (Lipinski definition) is 2. The summed E-state index contributed by atoms with van der Waals surface area (Å²) in [5.41, 5.74) is -5.33. The molecule has 26 heavy (non-hydrogen) atoms. The summed E-state index contributed by atoms with van der Waals surface area (Å²) in [7, 11) is 11.9. The molecule has 3 fully saturated rings. The molecule has 0 saturated heterocycles. The van der Waals surface area contributed by atoms with E-state index in [1.54, 1.807) is 20.8 Å². The van der Waals surface area contributed by atoms with Crippen molar-refractivity contribution in [3.63, 3.8) is 0 Å². The van der Waals surface area contributed by atoms with E-state index in [1.165, 1.54) is 12.3 Å². The quantitative estimate of drug-likeness (QED) is 0.615. The number of fused-ring (bicyclic) bond motifs is 1. The Labute approximate surface area is 154 Å². The Morgan fingerprint density at radius 1 is 1.23 bits per heavy atom. The van der Waals surface area contributed by atoms with Crippen LogP contribution in [0.15, 0.2) is 12.3 Å². The molecule has 4 rings (SSSR count). The molecule has 1 heterocycles. The number of aliphatic hydroxyl groups is 2. The van der Waals surface area contributed by atoms with E-state index in [2.05, 4.69) is 5.10 Å². The van der Waals surface area contributed by atoms with Gasteiger partial charge in [0.2, 0.25) is 5.88 Å². The molecule has 9 heteroatoms. The highest BCUT2D eigenvalue weighted by Crippen LogP contribution is 2.94. The van der Waals surface area contributed by atoms with Gasteiger partial charge in [0.1, 0.15) is 13.4 Å². The Morgan fingerprint density at radius 3 is 2.23 bits per heavy atom. The van der Waals surface area contributed by atoms with E-state index >= 15 is 0 Å². The van der Waals surface area contributed by atoms with Crippen LogP contribution < -0.4 is 4.74 Å². The van der Waals surface area contributed by atoms with Crippen LogP contribution in [-0.4, -0.2) is 58.6 Å². The molecule has 1 aromatic rings. The summed E-state index contributed by atoms with van der Waals surface area (Å²) < 4.78 is 11.4. The molecular weight excluding hydrogens is 334 g/mol. The molecule has 3 aliphatic rings. The van der Waals surface area contributed by atoms with Gasteiger partial charge in [-0.2, -0.15) is 4.68 Å². The largest absolute Gasteiger partial charge is 0.452 e. The summed E-state index contributed by atoms with van der Waals surface area (Å²) in [5.74, 6) is -0.439. The van der Waals surface area contributed by atoms with Crippen molar-refractivity contribution in [1.82, 2.24) is 9.78 Å². The minimum atomic E-state index is -2.54. The van der Waals surface area contributed by atoms with Gasteiger partial charge < -0.3 is 19.7 Å². The van der Waals surface area contributed by atoms with E-state index < -0.39 is 22.9 Å². The molecule has 2 atom stereocenters. The van der Waals surface area contributed by atoms with Crippen LogP contribution in [0.5, 0.6) is 5.88 Å². The van der Waals surface area contributed by atoms with Crippen molar-refractivity contribution in [2.24, 2.45) is 16.7 Å². The van der Waals surface area contributed by atoms with Crippen LogP contribution in [-0.2, 0) is 4.74 Å². The highest BCUT2D eigenvalue weighted by molar-refractivity contribution is 6.25. The van der Waals surface area contributed by atoms with Crippen LogP contribution in [0, 0.1) is 16.7 Å². The van der Waals surface area contributed by atoms with E-state index in [0.717, 1.165) is 30.4 Å². The van der Waals surface area contributed by atoms with Crippen LogP contribution in [0.2, 0.25) is 0 Å². The molecule has 2 spiro atoms. The first-order chi connectivity index (χ1) is 11.8. The average Bonchev–Trinajstić information content (AvgIpc) is 3.42. The van der Waals surface area contributed by atoms with Gasteiger partial charge in [-0.25, -0.2) is 4.79 Å². The van der Waals surface area contributed by atoms with Crippen molar-refractivity contribution in [3.05, 3.63) is 12.3 Å². The second kappa shape index (κ2) is 4.87. The van der Waals surface area contributed by atoms with Crippen LogP contribution in [0.4, 0.5) is 4.79 Å². The highest BCUT2D eigenvalue weighted by Gasteiger charge is 2.90. The lowest BCUT2D eigenvalue weighted by molar-refractivity contribution is -0.177. The highest BCUT2D eigenvalue weighted by atomic mass is 16.6. The Morgan fingerprint density at radius 2 is 1.77 bits per heavy atom. The second-order valence-electron chi connectivity index (χ2n) is 8.95. The van der Waals surface area contributed by atoms with Gasteiger partial charge in [-0.3, -0.25) is 0 Å². The van der Waals surface area contributed by atoms with Crippen LogP contribution >= 0.6 is 0 Å². The molecule has 2 N–H and O–H groups in total. The molecule has 3 aliphatic carbocycles. The van der Waals surface area contributed by atoms with E-state index in [9.17, 15) is 15.0 Å². The van der Waals surface area contributed by atoms with E-state index in [0.29, 0.717) is 0 Å². The molecule has 2 unspecified atom stereocenters. The van der Waals surface area contributed by atoms with Crippen molar-refractivity contribution in [1.29, 1.82) is 0 Å². The van der Waals surface area contributed by atoms with E-state index in [1.807, 2.05) is 0 Å². The number of nitrogens with zero attached hydrogens (tertiary/aromatic N) is 2. The maximum atomic E-state index is 12.0. The molecular formula is C17H22B2N2O5. The fourth-order valence-corrected chi connectivity index (χ4v) is 4.64. The molecule has 136 valence electrons. The maximum absolute atomic E-state index is 12.0. The van der Waals surface area contributed by atoms with Gasteiger partial charge in [0.05, 0.1) is 5.50 Å². The van der Waals surface area contributed by atoms with Gasteiger partial charge in [-0.15, -0.1) is 5.10 Å². The van der Waals surface area contributed by atoms with Crippen LogP contribution in [0.1, 0.15) is 46.5 Å². The monoisotopic (exact) mass is 356 g/mol. The minimum absolute atomic E-state index is 0.00306. The Kier molecular flexibility index (Phi) is 3.36. The van der Waals surface area contributed by atoms with E-state index in [-0.39, 0.29) is 22.6 Å². The van der Waals surface area contributed by atoms with Gasteiger partial charge in [-0.05, 0) is 63.2 Å². The number of ether oxygens (including phenoxy) is 2. The Bertz CT molecular complexity index is 741. The normalized spacial score (nSPS) is 26.8. The topological polar surface area (TPSA) is 93.8 Å². The zero-order valence-electron chi connectivity index (χ0n) is 15.2. The summed E-state index contributed by atoms with van der Waals surface area (Å²) in [6.45, 7) is 5.20. The number of carbonyl (C=O) groups excluding carboxylic acids is 1. The first-order valence-electron chi connectivity index (χ1n) is 8.85. The molecule has 0 bridgehead atoms. The Hall–Kier alpha value is -1.47. The number of aromatic nitrogens is 2. The van der Waals surface area contributed by atoms with Gasteiger partial charge in [-0.1, -0.05) is 0 Å². The first kappa shape index (κ1) is 17.9. The van der Waals surface area contributed by atoms with Crippen molar-refractivity contribution < 1.29 is 24.5 Å². The van der Waals surface area contributed by atoms with Crippen molar-refractivity contribution in [2.45, 2.75) is 63.2 Å². The number of hydrogen-bond acceptors (Lipinski definition) is 6. The summed E-state index contributed by atoms with van der Waals surface area (Å²) in [5, 5.41) is 25.3. The zero-order valence-corrected chi connectivity index (χ0v) is 15.2. The lowest BCUT2D eigenvalue weighted by atomic mass is 9.62. The van der Waals surface area contributed by atoms with Crippen LogP contribution in [0.25, 0.3) is 0 Å². The fraction of sp³-hybridized carbons (Fsp3) is 0.765. The van der Waals surface area contributed by atoms with E-state index in [4.69, 9.17) is 25.2 Å². The smallest absolute Gasteiger partial charge is 0.435 e. The SMILES string of the molecule is [B]C(O)(Oc1ccn(C(=O)OC(C)(C)C)n1)C([B])(O)C1C2(CC2)C12CC2. The minimum Gasteiger partial charge on any atom is -0.452 e. The average molecular weight is 356 g/mol. The van der Waals surface area contributed by atoms with Crippen LogP contribution in [0.3, 0.4) is 0 Å². The van der Waals surface area contributed by atoms with Crippen molar-refractivity contribution in [3.8, 4) is 5.88 Å². The summed E-state index contributed by atoms with van der Waals surface area (Å²) >= 11 is 0. The maximum Gasteiger partial charge on any atom is 0.435 e.